The van der Waals surface area contributed by atoms with E-state index in [4.69, 9.17) is 4.74 Å². The highest BCUT2D eigenvalue weighted by molar-refractivity contribution is 5.70. The number of nitrogens with one attached hydrogen (secondary N) is 1. The molecular weight excluding hydrogens is 345 g/mol. The van der Waals surface area contributed by atoms with Crippen molar-refractivity contribution in [2.24, 2.45) is 0 Å². The van der Waals surface area contributed by atoms with Crippen LogP contribution in [-0.4, -0.2) is 22.7 Å². The minimum atomic E-state index is -0.403. The Morgan fingerprint density at radius 3 is 2.52 bits per heavy atom. The molecule has 0 radical (unpaired) electrons. The van der Waals surface area contributed by atoms with Crippen molar-refractivity contribution in [1.29, 1.82) is 0 Å². The number of hydrogen-bond acceptors (Lipinski definition) is 4. The maximum absolute atomic E-state index is 11.9. The minimum absolute atomic E-state index is 0.161. The molecule has 4 rings (SSSR count). The largest absolute Gasteiger partial charge is 0.447 e. The number of halogens is 1. The quantitative estimate of drug-likeness (QED) is 0.674. The fourth-order valence-corrected chi connectivity index (χ4v) is 2.27. The highest BCUT2D eigenvalue weighted by Gasteiger charge is 2.23. The summed E-state index contributed by atoms with van der Waals surface area (Å²) in [6.07, 6.45) is 4.67. The lowest BCUT2D eigenvalue weighted by atomic mass is 10.1. The first-order valence-electron chi connectivity index (χ1n) is 8.22. The molecule has 2 aromatic heterocycles. The van der Waals surface area contributed by atoms with Gasteiger partial charge in [-0.2, -0.15) is 0 Å². The zero-order valence-electron chi connectivity index (χ0n) is 14.3. The average Bonchev–Trinajstić information content (AvgIpc) is 3.15. The van der Waals surface area contributed by atoms with Gasteiger partial charge in [-0.3, -0.25) is 4.98 Å². The third-order valence-electron chi connectivity index (χ3n) is 3.57. The third-order valence-corrected chi connectivity index (χ3v) is 3.57. The van der Waals surface area contributed by atoms with Crippen LogP contribution in [0.3, 0.4) is 0 Å². The molecule has 5 nitrogen and oxygen atoms in total. The number of benzene rings is 1. The molecule has 0 spiro atoms. The van der Waals surface area contributed by atoms with Gasteiger partial charge >= 0.3 is 6.09 Å². The molecule has 3 heterocycles. The van der Waals surface area contributed by atoms with Crippen molar-refractivity contribution in [1.82, 2.24) is 15.3 Å². The van der Waals surface area contributed by atoms with Gasteiger partial charge in [0.2, 0.25) is 0 Å². The van der Waals surface area contributed by atoms with Gasteiger partial charge in [-0.1, -0.05) is 30.2 Å². The van der Waals surface area contributed by atoms with Crippen LogP contribution in [0, 0.1) is 17.7 Å². The molecule has 1 amide bonds. The Balaban J connectivity index is 0.000000253. The SMILES string of the molecule is Fc1ccccc1.O=C1N[C@H](c2cncc(C#Cc3ccccn3)c2)CO1. The van der Waals surface area contributed by atoms with E-state index in [2.05, 4.69) is 27.1 Å². The molecule has 1 N–H and O–H groups in total. The molecule has 1 aliphatic rings. The lowest BCUT2D eigenvalue weighted by Gasteiger charge is -2.06. The van der Waals surface area contributed by atoms with Crippen LogP contribution in [0.25, 0.3) is 0 Å². The number of cyclic esters (lactones) is 1. The molecule has 1 aromatic carbocycles. The second-order valence-electron chi connectivity index (χ2n) is 5.56. The van der Waals surface area contributed by atoms with Crippen molar-refractivity contribution in [3.8, 4) is 11.8 Å². The van der Waals surface area contributed by atoms with Crippen molar-refractivity contribution in [3.63, 3.8) is 0 Å². The first-order chi connectivity index (χ1) is 13.2. The van der Waals surface area contributed by atoms with Gasteiger partial charge in [0, 0.05) is 24.2 Å². The molecule has 0 unspecified atom stereocenters. The smallest absolute Gasteiger partial charge is 0.407 e. The van der Waals surface area contributed by atoms with Gasteiger partial charge in [0.15, 0.2) is 0 Å². The Bertz CT molecular complexity index is 953. The molecule has 0 bridgehead atoms. The van der Waals surface area contributed by atoms with E-state index in [1.54, 1.807) is 36.8 Å². The summed E-state index contributed by atoms with van der Waals surface area (Å²) in [6.45, 7) is 0.317. The second kappa shape index (κ2) is 9.11. The van der Waals surface area contributed by atoms with Gasteiger partial charge in [-0.05, 0) is 41.8 Å². The predicted molar refractivity (Wildman–Crippen MR) is 98.1 cm³/mol. The van der Waals surface area contributed by atoms with Crippen LogP contribution in [0.15, 0.2) is 73.2 Å². The number of hydrogen-bond donors (Lipinski definition) is 1. The molecule has 0 aliphatic carbocycles. The van der Waals surface area contributed by atoms with Crippen LogP contribution in [-0.2, 0) is 4.74 Å². The van der Waals surface area contributed by atoms with Crippen molar-refractivity contribution in [2.75, 3.05) is 6.61 Å². The Morgan fingerprint density at radius 2 is 1.89 bits per heavy atom. The highest BCUT2D eigenvalue weighted by atomic mass is 19.1. The molecule has 134 valence electrons. The fraction of sp³-hybridized carbons (Fsp3) is 0.0952. The number of nitrogens with zero attached hydrogens (tertiary/aromatic N) is 2. The van der Waals surface area contributed by atoms with E-state index in [-0.39, 0.29) is 11.9 Å². The Hall–Kier alpha value is -3.72. The van der Waals surface area contributed by atoms with Crippen LogP contribution in [0.5, 0.6) is 0 Å². The topological polar surface area (TPSA) is 64.1 Å². The number of aromatic nitrogens is 2. The summed E-state index contributed by atoms with van der Waals surface area (Å²) in [6, 6.07) is 15.2. The second-order valence-corrected chi connectivity index (χ2v) is 5.56. The van der Waals surface area contributed by atoms with Crippen LogP contribution in [0.1, 0.15) is 22.9 Å². The lowest BCUT2D eigenvalue weighted by Crippen LogP contribution is -2.18. The highest BCUT2D eigenvalue weighted by Crippen LogP contribution is 2.17. The predicted octanol–water partition coefficient (Wildman–Crippen LogP) is 3.48. The van der Waals surface area contributed by atoms with Crippen molar-refractivity contribution in [3.05, 3.63) is 95.8 Å². The molecule has 1 atom stereocenters. The Labute approximate surface area is 156 Å². The molecule has 1 aliphatic heterocycles. The minimum Gasteiger partial charge on any atom is -0.447 e. The van der Waals surface area contributed by atoms with E-state index in [9.17, 15) is 9.18 Å². The first-order valence-corrected chi connectivity index (χ1v) is 8.22. The van der Waals surface area contributed by atoms with Gasteiger partial charge < -0.3 is 10.1 Å². The van der Waals surface area contributed by atoms with Crippen LogP contribution in [0.4, 0.5) is 9.18 Å². The third kappa shape index (κ3) is 5.65. The fourth-order valence-electron chi connectivity index (χ4n) is 2.27. The number of pyridine rings is 2. The van der Waals surface area contributed by atoms with Gasteiger partial charge in [-0.25, -0.2) is 14.2 Å². The lowest BCUT2D eigenvalue weighted by molar-refractivity contribution is 0.177. The van der Waals surface area contributed by atoms with E-state index in [1.165, 1.54) is 12.1 Å². The summed E-state index contributed by atoms with van der Waals surface area (Å²) >= 11 is 0. The molecule has 3 aromatic rings. The summed E-state index contributed by atoms with van der Waals surface area (Å²) in [4.78, 5) is 19.3. The van der Waals surface area contributed by atoms with E-state index >= 15 is 0 Å². The molecule has 0 saturated carbocycles. The molecule has 1 saturated heterocycles. The monoisotopic (exact) mass is 361 g/mol. The summed E-state index contributed by atoms with van der Waals surface area (Å²) in [7, 11) is 0. The van der Waals surface area contributed by atoms with E-state index < -0.39 is 6.09 Å². The summed E-state index contributed by atoms with van der Waals surface area (Å²) in [5, 5.41) is 2.71. The van der Waals surface area contributed by atoms with Gasteiger partial charge in [0.25, 0.3) is 0 Å². The Kier molecular flexibility index (Phi) is 6.10. The molecule has 27 heavy (non-hydrogen) atoms. The van der Waals surface area contributed by atoms with Crippen LogP contribution < -0.4 is 5.32 Å². The molecule has 1 fully saturated rings. The number of amides is 1. The Morgan fingerprint density at radius 1 is 1.07 bits per heavy atom. The summed E-state index contributed by atoms with van der Waals surface area (Å²) < 4.78 is 16.8. The van der Waals surface area contributed by atoms with E-state index in [0.717, 1.165) is 11.1 Å². The maximum Gasteiger partial charge on any atom is 0.407 e. The van der Waals surface area contributed by atoms with Crippen molar-refractivity contribution in [2.45, 2.75) is 6.04 Å². The number of carbonyl (C=O) groups excluding carboxylic acids is 1. The van der Waals surface area contributed by atoms with E-state index in [0.29, 0.717) is 12.3 Å². The zero-order valence-corrected chi connectivity index (χ0v) is 14.3. The van der Waals surface area contributed by atoms with Crippen molar-refractivity contribution < 1.29 is 13.9 Å². The van der Waals surface area contributed by atoms with Crippen LogP contribution in [0.2, 0.25) is 0 Å². The number of carbonyl (C=O) groups is 1. The average molecular weight is 361 g/mol. The van der Waals surface area contributed by atoms with Crippen molar-refractivity contribution >= 4 is 6.09 Å². The number of rotatable bonds is 1. The van der Waals surface area contributed by atoms with Gasteiger partial charge in [-0.15, -0.1) is 0 Å². The molecular formula is C21H16FN3O2. The number of alkyl carbamates (subject to hydrolysis) is 1. The number of ether oxygens (including phenoxy) is 1. The maximum atomic E-state index is 11.9. The van der Waals surface area contributed by atoms with Gasteiger partial charge in [0.05, 0.1) is 6.04 Å². The summed E-state index contributed by atoms with van der Waals surface area (Å²) in [5.74, 6) is 5.80. The zero-order chi connectivity index (χ0) is 18.9. The molecule has 6 heteroatoms. The first kappa shape index (κ1) is 18.1. The van der Waals surface area contributed by atoms with Gasteiger partial charge in [0.1, 0.15) is 18.1 Å². The van der Waals surface area contributed by atoms with Crippen LogP contribution >= 0.6 is 0 Å². The van der Waals surface area contributed by atoms with E-state index in [1.807, 2.05) is 24.3 Å². The summed E-state index contributed by atoms with van der Waals surface area (Å²) in [5.41, 5.74) is 2.35. The standard InChI is InChI=1S/C15H11N3O2.C6H5F/c19-15-18-14(10-20-15)12-7-11(8-16-9-12)4-5-13-3-1-2-6-17-13;7-6-4-2-1-3-5-6/h1-3,6-9,14H,10H2,(H,18,19);1-5H/t14-;/m0./s1. The normalized spacial score (nSPS) is 14.7.